The van der Waals surface area contributed by atoms with Crippen molar-refractivity contribution in [1.82, 2.24) is 15.5 Å². The molecular formula is C10H16F3N3O3. The lowest BCUT2D eigenvalue weighted by molar-refractivity contribution is -0.143. The molecule has 1 atom stereocenters. The Morgan fingerprint density at radius 3 is 2.68 bits per heavy atom. The van der Waals surface area contributed by atoms with Gasteiger partial charge in [-0.05, 0) is 0 Å². The summed E-state index contributed by atoms with van der Waals surface area (Å²) in [6.45, 7) is -0.622. The third-order valence-electron chi connectivity index (χ3n) is 2.46. The number of ether oxygens (including phenoxy) is 1. The van der Waals surface area contributed by atoms with Gasteiger partial charge < -0.3 is 20.3 Å². The molecule has 0 aromatic rings. The van der Waals surface area contributed by atoms with Crippen molar-refractivity contribution in [2.24, 2.45) is 0 Å². The molecule has 0 aliphatic carbocycles. The van der Waals surface area contributed by atoms with Crippen LogP contribution in [-0.4, -0.2) is 68.8 Å². The highest BCUT2D eigenvalue weighted by Crippen LogP contribution is 2.12. The Labute approximate surface area is 108 Å². The van der Waals surface area contributed by atoms with Crippen LogP contribution in [0.15, 0.2) is 0 Å². The van der Waals surface area contributed by atoms with E-state index in [-0.39, 0.29) is 12.5 Å². The monoisotopic (exact) mass is 283 g/mol. The molecule has 0 bridgehead atoms. The molecule has 6 nitrogen and oxygen atoms in total. The van der Waals surface area contributed by atoms with Gasteiger partial charge in [-0.1, -0.05) is 0 Å². The minimum Gasteiger partial charge on any atom is -0.378 e. The zero-order valence-corrected chi connectivity index (χ0v) is 10.4. The molecule has 19 heavy (non-hydrogen) atoms. The van der Waals surface area contributed by atoms with Gasteiger partial charge in [0.05, 0.1) is 19.8 Å². The van der Waals surface area contributed by atoms with Crippen LogP contribution < -0.4 is 10.6 Å². The van der Waals surface area contributed by atoms with Gasteiger partial charge in [0.1, 0.15) is 12.6 Å². The standard InChI is InChI=1S/C10H16F3N3O3/c1-16(4-8(17)15-6-10(11,12)13)9(18)7-5-19-3-2-14-7/h7,14H,2-6H2,1H3,(H,15,17). The first-order valence-electron chi connectivity index (χ1n) is 5.69. The average molecular weight is 283 g/mol. The number of carbonyl (C=O) groups is 2. The Kier molecular flexibility index (Phi) is 5.55. The Bertz CT molecular complexity index is 330. The summed E-state index contributed by atoms with van der Waals surface area (Å²) in [4.78, 5) is 24.1. The average Bonchev–Trinajstić information content (AvgIpc) is 2.35. The van der Waals surface area contributed by atoms with Gasteiger partial charge in [0, 0.05) is 13.6 Å². The molecule has 1 saturated heterocycles. The molecule has 1 fully saturated rings. The Hall–Kier alpha value is -1.35. The van der Waals surface area contributed by atoms with E-state index in [0.29, 0.717) is 13.2 Å². The summed E-state index contributed by atoms with van der Waals surface area (Å²) in [6.07, 6.45) is -4.46. The van der Waals surface area contributed by atoms with Crippen molar-refractivity contribution in [3.05, 3.63) is 0 Å². The minimum atomic E-state index is -4.46. The molecule has 1 aliphatic heterocycles. The summed E-state index contributed by atoms with van der Waals surface area (Å²) in [6, 6.07) is -0.561. The molecule has 1 unspecified atom stereocenters. The molecule has 1 heterocycles. The summed E-state index contributed by atoms with van der Waals surface area (Å²) in [5.41, 5.74) is 0. The Morgan fingerprint density at radius 2 is 2.16 bits per heavy atom. The number of halogens is 3. The highest BCUT2D eigenvalue weighted by atomic mass is 19.4. The van der Waals surface area contributed by atoms with E-state index in [1.165, 1.54) is 7.05 Å². The molecule has 110 valence electrons. The van der Waals surface area contributed by atoms with Crippen molar-refractivity contribution in [3.8, 4) is 0 Å². The topological polar surface area (TPSA) is 70.7 Å². The molecule has 0 aromatic heterocycles. The smallest absolute Gasteiger partial charge is 0.378 e. The van der Waals surface area contributed by atoms with Crippen molar-refractivity contribution >= 4 is 11.8 Å². The van der Waals surface area contributed by atoms with Gasteiger partial charge >= 0.3 is 6.18 Å². The fourth-order valence-electron chi connectivity index (χ4n) is 1.54. The second-order valence-corrected chi connectivity index (χ2v) is 4.17. The number of hydrogen-bond donors (Lipinski definition) is 2. The van der Waals surface area contributed by atoms with Crippen LogP contribution in [-0.2, 0) is 14.3 Å². The van der Waals surface area contributed by atoms with Crippen LogP contribution in [0.1, 0.15) is 0 Å². The number of nitrogens with zero attached hydrogens (tertiary/aromatic N) is 1. The highest BCUT2D eigenvalue weighted by molar-refractivity contribution is 5.87. The fraction of sp³-hybridized carbons (Fsp3) is 0.800. The van der Waals surface area contributed by atoms with Crippen LogP contribution in [0.25, 0.3) is 0 Å². The van der Waals surface area contributed by atoms with Gasteiger partial charge in [0.25, 0.3) is 0 Å². The van der Waals surface area contributed by atoms with Gasteiger partial charge in [0.15, 0.2) is 0 Å². The molecule has 0 aromatic carbocycles. The van der Waals surface area contributed by atoms with Gasteiger partial charge in [0.2, 0.25) is 11.8 Å². The van der Waals surface area contributed by atoms with Gasteiger partial charge in [-0.25, -0.2) is 0 Å². The number of nitrogens with one attached hydrogen (secondary N) is 2. The van der Waals surface area contributed by atoms with Gasteiger partial charge in [-0.2, -0.15) is 13.2 Å². The summed E-state index contributed by atoms with van der Waals surface area (Å²) in [5, 5.41) is 4.60. The van der Waals surface area contributed by atoms with Crippen LogP contribution in [0, 0.1) is 0 Å². The van der Waals surface area contributed by atoms with E-state index in [2.05, 4.69) is 5.32 Å². The fourth-order valence-corrected chi connectivity index (χ4v) is 1.54. The first-order valence-corrected chi connectivity index (χ1v) is 5.69. The summed E-state index contributed by atoms with van der Waals surface area (Å²) >= 11 is 0. The predicted octanol–water partition coefficient (Wildman–Crippen LogP) is -0.888. The molecule has 1 aliphatic rings. The number of amides is 2. The lowest BCUT2D eigenvalue weighted by Crippen LogP contribution is -2.53. The van der Waals surface area contributed by atoms with Crippen molar-refractivity contribution in [2.75, 3.05) is 39.9 Å². The van der Waals surface area contributed by atoms with Gasteiger partial charge in [-0.3, -0.25) is 9.59 Å². The van der Waals surface area contributed by atoms with E-state index < -0.39 is 31.2 Å². The summed E-state index contributed by atoms with van der Waals surface area (Å²) in [7, 11) is 1.35. The number of hydrogen-bond acceptors (Lipinski definition) is 4. The summed E-state index contributed by atoms with van der Waals surface area (Å²) in [5.74, 6) is -1.24. The van der Waals surface area contributed by atoms with Gasteiger partial charge in [-0.15, -0.1) is 0 Å². The maximum atomic E-state index is 11.9. The second kappa shape index (κ2) is 6.71. The van der Waals surface area contributed by atoms with E-state index in [1.807, 2.05) is 0 Å². The molecule has 0 saturated carbocycles. The molecule has 0 radical (unpaired) electrons. The zero-order valence-electron chi connectivity index (χ0n) is 10.4. The van der Waals surface area contributed by atoms with E-state index in [4.69, 9.17) is 4.74 Å². The van der Waals surface area contributed by atoms with E-state index >= 15 is 0 Å². The molecule has 1 rings (SSSR count). The third kappa shape index (κ3) is 5.88. The van der Waals surface area contributed by atoms with Crippen LogP contribution in [0.4, 0.5) is 13.2 Å². The summed E-state index contributed by atoms with van der Waals surface area (Å²) < 4.78 is 40.7. The molecule has 2 N–H and O–H groups in total. The normalized spacial score (nSPS) is 19.9. The first-order chi connectivity index (χ1) is 8.79. The SMILES string of the molecule is CN(CC(=O)NCC(F)(F)F)C(=O)C1COCCN1. The van der Waals surface area contributed by atoms with Crippen molar-refractivity contribution < 1.29 is 27.5 Å². The van der Waals surface area contributed by atoms with Crippen LogP contribution >= 0.6 is 0 Å². The number of likely N-dealkylation sites (N-methyl/N-ethyl adjacent to an activating group) is 1. The lowest BCUT2D eigenvalue weighted by atomic mass is 10.2. The molecular weight excluding hydrogens is 267 g/mol. The lowest BCUT2D eigenvalue weighted by Gasteiger charge is -2.27. The van der Waals surface area contributed by atoms with E-state index in [0.717, 1.165) is 4.90 Å². The number of rotatable bonds is 4. The third-order valence-corrected chi connectivity index (χ3v) is 2.46. The number of morpholine rings is 1. The number of alkyl halides is 3. The maximum Gasteiger partial charge on any atom is 0.405 e. The maximum absolute atomic E-state index is 11.9. The van der Waals surface area contributed by atoms with Crippen molar-refractivity contribution in [3.63, 3.8) is 0 Å². The highest BCUT2D eigenvalue weighted by Gasteiger charge is 2.29. The van der Waals surface area contributed by atoms with E-state index in [1.54, 1.807) is 5.32 Å². The van der Waals surface area contributed by atoms with Crippen LogP contribution in [0.2, 0.25) is 0 Å². The number of carbonyl (C=O) groups excluding carboxylic acids is 2. The quantitative estimate of drug-likeness (QED) is 0.702. The molecule has 9 heteroatoms. The Balaban J connectivity index is 2.34. The first kappa shape index (κ1) is 15.7. The zero-order chi connectivity index (χ0) is 14.5. The predicted molar refractivity (Wildman–Crippen MR) is 59.3 cm³/mol. The minimum absolute atomic E-state index is 0.188. The second-order valence-electron chi connectivity index (χ2n) is 4.17. The van der Waals surface area contributed by atoms with E-state index in [9.17, 15) is 22.8 Å². The largest absolute Gasteiger partial charge is 0.405 e. The Morgan fingerprint density at radius 1 is 1.47 bits per heavy atom. The molecule has 0 spiro atoms. The van der Waals surface area contributed by atoms with Crippen molar-refractivity contribution in [2.45, 2.75) is 12.2 Å². The molecule has 2 amide bonds. The van der Waals surface area contributed by atoms with Crippen LogP contribution in [0.5, 0.6) is 0 Å². The van der Waals surface area contributed by atoms with Crippen LogP contribution in [0.3, 0.4) is 0 Å². The van der Waals surface area contributed by atoms with Crippen molar-refractivity contribution in [1.29, 1.82) is 0 Å².